The Hall–Kier alpha value is -2.22. The van der Waals surface area contributed by atoms with Gasteiger partial charge in [0.1, 0.15) is 11.3 Å². The van der Waals surface area contributed by atoms with Crippen LogP contribution in [0.25, 0.3) is 6.08 Å². The molecule has 0 spiro atoms. The minimum atomic E-state index is -4.49. The number of alkyl halides is 3. The third-order valence-electron chi connectivity index (χ3n) is 4.27. The van der Waals surface area contributed by atoms with E-state index in [1.165, 1.54) is 30.3 Å². The molecule has 4 rings (SSSR count). The summed E-state index contributed by atoms with van der Waals surface area (Å²) in [4.78, 5) is 12.4. The van der Waals surface area contributed by atoms with Crippen LogP contribution in [0.3, 0.4) is 0 Å². The smallest absolute Gasteiger partial charge is 0.429 e. The lowest BCUT2D eigenvalue weighted by Gasteiger charge is -2.35. The van der Waals surface area contributed by atoms with Crippen molar-refractivity contribution in [3.8, 4) is 0 Å². The third kappa shape index (κ3) is 2.02. The summed E-state index contributed by atoms with van der Waals surface area (Å²) in [7, 11) is 0. The molecule has 0 amide bonds. The molecule has 2 aliphatic heterocycles. The molecule has 0 aliphatic carbocycles. The van der Waals surface area contributed by atoms with Crippen LogP contribution in [-0.4, -0.2) is 4.76 Å². The molecule has 0 bridgehead atoms. The fourth-order valence-corrected chi connectivity index (χ4v) is 3.29. The second kappa shape index (κ2) is 4.66. The highest BCUT2D eigenvalue weighted by atomic mass is 35.5. The first-order valence-corrected chi connectivity index (χ1v) is 7.37. The van der Waals surface area contributed by atoms with E-state index in [4.69, 9.17) is 11.6 Å². The Kier molecular flexibility index (Phi) is 2.97. The van der Waals surface area contributed by atoms with Gasteiger partial charge in [0.2, 0.25) is 5.69 Å². The number of halogens is 4. The van der Waals surface area contributed by atoms with Gasteiger partial charge in [0.15, 0.2) is 0 Å². The van der Waals surface area contributed by atoms with E-state index < -0.39 is 16.4 Å². The van der Waals surface area contributed by atoms with E-state index in [-0.39, 0.29) is 29.3 Å². The molecule has 0 aromatic heterocycles. The van der Waals surface area contributed by atoms with Gasteiger partial charge in [-0.25, -0.2) is 4.65 Å². The Morgan fingerprint density at radius 3 is 2.62 bits per heavy atom. The first-order chi connectivity index (χ1) is 11.2. The first kappa shape index (κ1) is 15.3. The lowest BCUT2D eigenvalue weighted by molar-refractivity contribution is -0.410. The second-order valence-corrected chi connectivity index (χ2v) is 6.18. The van der Waals surface area contributed by atoms with Crippen molar-refractivity contribution in [1.29, 1.82) is 0 Å². The molecule has 2 heterocycles. The van der Waals surface area contributed by atoms with Crippen LogP contribution in [0.4, 0.5) is 24.5 Å². The summed E-state index contributed by atoms with van der Waals surface area (Å²) in [6.07, 6.45) is -3.15. The van der Waals surface area contributed by atoms with Crippen LogP contribution in [0.15, 0.2) is 42.2 Å². The fourth-order valence-electron chi connectivity index (χ4n) is 3.13. The van der Waals surface area contributed by atoms with Crippen LogP contribution in [-0.2, 0) is 12.7 Å². The number of hydroxylamine groups is 2. The summed E-state index contributed by atoms with van der Waals surface area (Å²) < 4.78 is 38.1. The summed E-state index contributed by atoms with van der Waals surface area (Å²) in [5.74, 6) is -0.0838. The Balaban J connectivity index is 1.90. The summed E-state index contributed by atoms with van der Waals surface area (Å²) in [5, 5.41) is 13.6. The van der Waals surface area contributed by atoms with E-state index in [1.54, 1.807) is 0 Å². The normalized spacial score (nSPS) is 21.9. The quantitative estimate of drug-likeness (QED) is 0.375. The number of hydrogen-bond acceptors (Lipinski definition) is 2. The van der Waals surface area contributed by atoms with Gasteiger partial charge in [-0.15, -0.1) is 0 Å². The first-order valence-electron chi connectivity index (χ1n) is 6.99. The molecule has 24 heavy (non-hydrogen) atoms. The maximum absolute atomic E-state index is 13.3. The van der Waals surface area contributed by atoms with Crippen LogP contribution in [0.1, 0.15) is 16.7 Å². The molecule has 0 fully saturated rings. The Labute approximate surface area is 139 Å². The summed E-state index contributed by atoms with van der Waals surface area (Å²) >= 11 is 5.87. The molecule has 0 N–H and O–H groups in total. The topological polar surface area (TPSA) is 43.1 Å². The van der Waals surface area contributed by atoms with E-state index >= 15 is 0 Å². The van der Waals surface area contributed by atoms with Gasteiger partial charge in [-0.2, -0.15) is 13.2 Å². The van der Waals surface area contributed by atoms with Crippen molar-refractivity contribution in [2.24, 2.45) is 0 Å². The van der Waals surface area contributed by atoms with Gasteiger partial charge in [-0.3, -0.25) is 0 Å². The van der Waals surface area contributed by atoms with Gasteiger partial charge < -0.3 is 5.21 Å². The fraction of sp³-hybridized carbons (Fsp3) is 0.125. The molecule has 1 unspecified atom stereocenters. The van der Waals surface area contributed by atoms with Gasteiger partial charge in [0, 0.05) is 27.6 Å². The second-order valence-electron chi connectivity index (χ2n) is 5.74. The van der Waals surface area contributed by atoms with E-state index in [0.717, 1.165) is 12.1 Å². The lowest BCUT2D eigenvalue weighted by Crippen LogP contribution is -2.41. The molecule has 0 radical (unpaired) electrons. The standard InChI is InChI=1S/C16H9ClF3N2O2/c17-12-3-4-14-13(7-12)21(23)15-6-9-1-2-11(16(18,19)20)5-10(9)8-22(14,15)24/h1-7H,8H2/q+1. The van der Waals surface area contributed by atoms with Gasteiger partial charge in [0.05, 0.1) is 11.6 Å². The highest BCUT2D eigenvalue weighted by Gasteiger charge is 2.54. The number of nitroso groups, excluding NO2 is 1. The molecule has 2 aromatic rings. The van der Waals surface area contributed by atoms with Crippen molar-refractivity contribution in [3.05, 3.63) is 74.0 Å². The number of quaternary nitrogens is 1. The van der Waals surface area contributed by atoms with Gasteiger partial charge in [-0.1, -0.05) is 17.7 Å². The Morgan fingerprint density at radius 1 is 1.17 bits per heavy atom. The maximum atomic E-state index is 13.3. The molecular weight excluding hydrogens is 345 g/mol. The SMILES string of the molecule is O=[N+]1C2=Cc3ccc(C(F)(F)F)cc3C[N+]2([O-])c2ccc(Cl)cc21. The number of benzene rings is 2. The molecule has 2 aliphatic rings. The highest BCUT2D eigenvalue weighted by Crippen LogP contribution is 2.50. The number of rotatable bonds is 0. The molecule has 0 saturated heterocycles. The average Bonchev–Trinajstić information content (AvgIpc) is 2.71. The molecule has 8 heteroatoms. The number of nitrogens with zero attached hydrogens (tertiary/aromatic N) is 2. The van der Waals surface area contributed by atoms with Gasteiger partial charge in [-0.05, 0) is 23.8 Å². The Bertz CT molecular complexity index is 939. The minimum absolute atomic E-state index is 0.0838. The molecule has 122 valence electrons. The zero-order valence-electron chi connectivity index (χ0n) is 12.0. The van der Waals surface area contributed by atoms with E-state index in [1.807, 2.05) is 0 Å². The van der Waals surface area contributed by atoms with Crippen LogP contribution in [0.5, 0.6) is 0 Å². The summed E-state index contributed by atoms with van der Waals surface area (Å²) in [6, 6.07) is 7.48. The lowest BCUT2D eigenvalue weighted by atomic mass is 9.99. The number of hydrogen-bond donors (Lipinski definition) is 0. The van der Waals surface area contributed by atoms with Crippen molar-refractivity contribution >= 4 is 29.1 Å². The van der Waals surface area contributed by atoms with Gasteiger partial charge >= 0.3 is 17.7 Å². The highest BCUT2D eigenvalue weighted by molar-refractivity contribution is 6.31. The van der Waals surface area contributed by atoms with Crippen molar-refractivity contribution < 1.29 is 17.9 Å². The van der Waals surface area contributed by atoms with Crippen LogP contribution < -0.4 is 4.65 Å². The molecule has 2 aromatic carbocycles. The van der Waals surface area contributed by atoms with E-state index in [2.05, 4.69) is 0 Å². The van der Waals surface area contributed by atoms with Crippen LogP contribution >= 0.6 is 11.6 Å². The molecule has 4 nitrogen and oxygen atoms in total. The van der Waals surface area contributed by atoms with E-state index in [9.17, 15) is 23.3 Å². The van der Waals surface area contributed by atoms with Crippen molar-refractivity contribution in [2.75, 3.05) is 0 Å². The zero-order valence-corrected chi connectivity index (χ0v) is 12.7. The maximum Gasteiger partial charge on any atom is 0.429 e. The third-order valence-corrected chi connectivity index (χ3v) is 4.51. The predicted molar refractivity (Wildman–Crippen MR) is 83.0 cm³/mol. The summed E-state index contributed by atoms with van der Waals surface area (Å²) in [5.41, 5.74) is 0.151. The van der Waals surface area contributed by atoms with Gasteiger partial charge in [0.25, 0.3) is 0 Å². The predicted octanol–water partition coefficient (Wildman–Crippen LogP) is 5.10. The average molecular weight is 354 g/mol. The van der Waals surface area contributed by atoms with Crippen LogP contribution in [0, 0.1) is 10.1 Å². The van der Waals surface area contributed by atoms with Crippen molar-refractivity contribution in [2.45, 2.75) is 12.7 Å². The minimum Gasteiger partial charge on any atom is -0.617 e. The molecular formula is C16H9ClF3N2O2+. The molecule has 0 saturated carbocycles. The number of fused-ring (bicyclic) bond motifs is 4. The molecule has 1 atom stereocenters. The zero-order chi connectivity index (χ0) is 17.3. The van der Waals surface area contributed by atoms with Crippen molar-refractivity contribution in [1.82, 2.24) is 4.65 Å². The largest absolute Gasteiger partial charge is 0.617 e. The van der Waals surface area contributed by atoms with Crippen molar-refractivity contribution in [3.63, 3.8) is 0 Å². The van der Waals surface area contributed by atoms with Crippen LogP contribution in [0.2, 0.25) is 5.02 Å². The summed E-state index contributed by atoms with van der Waals surface area (Å²) in [6.45, 7) is -0.279. The van der Waals surface area contributed by atoms with E-state index in [0.29, 0.717) is 15.3 Å². The monoisotopic (exact) mass is 353 g/mol. The Morgan fingerprint density at radius 2 is 1.92 bits per heavy atom.